The Hall–Kier alpha value is -3.42. The second kappa shape index (κ2) is 6.88. The largest absolute Gasteiger partial charge is 0.348 e. The number of carbonyl (C=O) groups excluding carboxylic acids is 2. The number of hydrogen-bond donors (Lipinski definition) is 3. The van der Waals surface area contributed by atoms with Crippen molar-refractivity contribution < 1.29 is 9.59 Å². The fraction of sp³-hybridized carbons (Fsp3) is 0.333. The Morgan fingerprint density at radius 1 is 1.10 bits per heavy atom. The molecule has 1 aromatic carbocycles. The number of rotatable bonds is 3. The Morgan fingerprint density at radius 2 is 1.90 bits per heavy atom. The number of pyridine rings is 1. The second-order valence-corrected chi connectivity index (χ2v) is 7.84. The summed E-state index contributed by atoms with van der Waals surface area (Å²) < 4.78 is 0. The molecule has 2 aliphatic heterocycles. The molecule has 2 unspecified atom stereocenters. The van der Waals surface area contributed by atoms with Crippen molar-refractivity contribution in [3.05, 3.63) is 64.2 Å². The van der Waals surface area contributed by atoms with E-state index < -0.39 is 0 Å². The van der Waals surface area contributed by atoms with Crippen LogP contribution in [0, 0.1) is 0 Å². The molecule has 2 fully saturated rings. The molecule has 5 rings (SSSR count). The molecule has 0 aliphatic carbocycles. The summed E-state index contributed by atoms with van der Waals surface area (Å²) in [4.78, 5) is 41.6. The molecule has 2 amide bonds. The minimum atomic E-state index is -0.299. The first-order chi connectivity index (χ1) is 14.1. The zero-order valence-corrected chi connectivity index (χ0v) is 15.7. The number of H-pyrrole nitrogens is 2. The highest BCUT2D eigenvalue weighted by Gasteiger charge is 2.43. The lowest BCUT2D eigenvalue weighted by Gasteiger charge is -2.39. The summed E-state index contributed by atoms with van der Waals surface area (Å²) in [6.45, 7) is 0. The Bertz CT molecular complexity index is 1140. The minimum absolute atomic E-state index is 0.0113. The van der Waals surface area contributed by atoms with E-state index in [-0.39, 0.29) is 41.2 Å². The van der Waals surface area contributed by atoms with Gasteiger partial charge in [-0.1, -0.05) is 12.1 Å². The Labute approximate surface area is 166 Å². The molecule has 8 nitrogen and oxygen atoms in total. The maximum Gasteiger partial charge on any atom is 0.268 e. The van der Waals surface area contributed by atoms with Crippen LogP contribution in [-0.2, 0) is 0 Å². The third-order valence-electron chi connectivity index (χ3n) is 6.00. The summed E-state index contributed by atoms with van der Waals surface area (Å²) in [7, 11) is 0. The molecule has 3 aromatic rings. The quantitative estimate of drug-likeness (QED) is 0.632. The van der Waals surface area contributed by atoms with Gasteiger partial charge in [-0.25, -0.2) is 0 Å². The van der Waals surface area contributed by atoms with Crippen LogP contribution < -0.4 is 10.9 Å². The molecule has 4 heterocycles. The van der Waals surface area contributed by atoms with Crippen LogP contribution in [0.5, 0.6) is 0 Å². The van der Waals surface area contributed by atoms with E-state index in [2.05, 4.69) is 20.5 Å². The average Bonchev–Trinajstić information content (AvgIpc) is 3.29. The van der Waals surface area contributed by atoms with Gasteiger partial charge in [-0.05, 0) is 43.9 Å². The van der Waals surface area contributed by atoms with Crippen molar-refractivity contribution in [1.29, 1.82) is 0 Å². The number of benzene rings is 1. The number of piperidine rings is 1. The van der Waals surface area contributed by atoms with Crippen LogP contribution in [0.2, 0.25) is 0 Å². The van der Waals surface area contributed by atoms with E-state index in [0.717, 1.165) is 36.6 Å². The van der Waals surface area contributed by atoms with Crippen LogP contribution in [-0.4, -0.2) is 50.0 Å². The highest BCUT2D eigenvalue weighted by atomic mass is 16.2. The topological polar surface area (TPSA) is 111 Å². The highest BCUT2D eigenvalue weighted by Crippen LogP contribution is 2.37. The second-order valence-electron chi connectivity index (χ2n) is 7.84. The zero-order chi connectivity index (χ0) is 20.0. The molecule has 0 radical (unpaired) electrons. The van der Waals surface area contributed by atoms with Gasteiger partial charge in [0.05, 0.1) is 11.7 Å². The number of fused-ring (bicyclic) bond motifs is 3. The van der Waals surface area contributed by atoms with E-state index in [4.69, 9.17) is 0 Å². The third kappa shape index (κ3) is 3.20. The van der Waals surface area contributed by atoms with Crippen molar-refractivity contribution in [1.82, 2.24) is 25.4 Å². The van der Waals surface area contributed by atoms with Gasteiger partial charge >= 0.3 is 0 Å². The molecule has 0 saturated carbocycles. The molecule has 2 atom stereocenters. The molecule has 2 aliphatic rings. The van der Waals surface area contributed by atoms with E-state index in [9.17, 15) is 14.4 Å². The Morgan fingerprint density at radius 3 is 2.66 bits per heavy atom. The lowest BCUT2D eigenvalue weighted by atomic mass is 9.96. The minimum Gasteiger partial charge on any atom is -0.348 e. The number of aromatic amines is 2. The smallest absolute Gasteiger partial charge is 0.268 e. The highest BCUT2D eigenvalue weighted by molar-refractivity contribution is 5.98. The molecular formula is C21H21N5O3. The van der Waals surface area contributed by atoms with Crippen LogP contribution in [0.25, 0.3) is 10.9 Å². The van der Waals surface area contributed by atoms with Crippen LogP contribution in [0.3, 0.4) is 0 Å². The fourth-order valence-corrected chi connectivity index (χ4v) is 4.69. The first kappa shape index (κ1) is 17.7. The monoisotopic (exact) mass is 391 g/mol. The molecule has 148 valence electrons. The van der Waals surface area contributed by atoms with Gasteiger partial charge in [0.1, 0.15) is 5.69 Å². The van der Waals surface area contributed by atoms with Crippen molar-refractivity contribution in [2.45, 2.75) is 43.8 Å². The number of amides is 2. The van der Waals surface area contributed by atoms with Crippen LogP contribution >= 0.6 is 0 Å². The van der Waals surface area contributed by atoms with Crippen molar-refractivity contribution in [2.24, 2.45) is 0 Å². The summed E-state index contributed by atoms with van der Waals surface area (Å²) in [6, 6.07) is 10.3. The Kier molecular flexibility index (Phi) is 4.19. The number of nitrogens with zero attached hydrogens (tertiary/aromatic N) is 2. The number of carbonyl (C=O) groups is 2. The molecule has 2 bridgehead atoms. The molecule has 2 saturated heterocycles. The molecule has 3 N–H and O–H groups in total. The summed E-state index contributed by atoms with van der Waals surface area (Å²) in [6.07, 6.45) is 5.06. The van der Waals surface area contributed by atoms with E-state index in [0.29, 0.717) is 5.56 Å². The Balaban J connectivity index is 1.30. The summed E-state index contributed by atoms with van der Waals surface area (Å²) >= 11 is 0. The molecular weight excluding hydrogens is 370 g/mol. The SMILES string of the molecule is O=C(NC1CC2CCC(C1)N2C(=O)c1ccc2cn[nH]c2c1)c1cccc(=O)[nH]1. The molecule has 0 spiro atoms. The maximum atomic E-state index is 13.2. The van der Waals surface area contributed by atoms with Gasteiger partial charge in [0.2, 0.25) is 5.56 Å². The first-order valence-corrected chi connectivity index (χ1v) is 9.84. The van der Waals surface area contributed by atoms with Crippen LogP contribution in [0.4, 0.5) is 0 Å². The van der Waals surface area contributed by atoms with Gasteiger partial charge in [0.25, 0.3) is 11.8 Å². The van der Waals surface area contributed by atoms with Gasteiger partial charge in [-0.3, -0.25) is 19.5 Å². The first-order valence-electron chi connectivity index (χ1n) is 9.84. The van der Waals surface area contributed by atoms with Gasteiger partial charge < -0.3 is 15.2 Å². The normalized spacial score (nSPS) is 23.3. The summed E-state index contributed by atoms with van der Waals surface area (Å²) in [5.74, 6) is -0.247. The molecule has 8 heteroatoms. The summed E-state index contributed by atoms with van der Waals surface area (Å²) in [5.41, 5.74) is 1.47. The van der Waals surface area contributed by atoms with Gasteiger partial charge in [-0.2, -0.15) is 5.10 Å². The van der Waals surface area contributed by atoms with Gasteiger partial charge in [0, 0.05) is 35.1 Å². The lowest BCUT2D eigenvalue weighted by Crippen LogP contribution is -2.52. The van der Waals surface area contributed by atoms with Gasteiger partial charge in [-0.15, -0.1) is 0 Å². The van der Waals surface area contributed by atoms with E-state index in [1.807, 2.05) is 23.1 Å². The van der Waals surface area contributed by atoms with Crippen LogP contribution in [0.15, 0.2) is 47.4 Å². The van der Waals surface area contributed by atoms with Crippen molar-refractivity contribution >= 4 is 22.7 Å². The number of nitrogens with one attached hydrogen (secondary N) is 3. The molecule has 29 heavy (non-hydrogen) atoms. The van der Waals surface area contributed by atoms with Crippen molar-refractivity contribution in [2.75, 3.05) is 0 Å². The predicted octanol–water partition coefficient (Wildman–Crippen LogP) is 1.82. The predicted molar refractivity (Wildman–Crippen MR) is 107 cm³/mol. The van der Waals surface area contributed by atoms with E-state index >= 15 is 0 Å². The number of hydrogen-bond acceptors (Lipinski definition) is 4. The van der Waals surface area contributed by atoms with Gasteiger partial charge in [0.15, 0.2) is 0 Å². The number of aromatic nitrogens is 3. The van der Waals surface area contributed by atoms with E-state index in [1.165, 1.54) is 6.07 Å². The molecule has 2 aromatic heterocycles. The third-order valence-corrected chi connectivity index (χ3v) is 6.00. The van der Waals surface area contributed by atoms with E-state index in [1.54, 1.807) is 18.3 Å². The van der Waals surface area contributed by atoms with Crippen LogP contribution in [0.1, 0.15) is 46.5 Å². The standard InChI is InChI=1S/C21H21N5O3/c27-19-3-1-2-17(24-19)20(28)23-14-9-15-6-7-16(10-14)26(15)21(29)12-4-5-13-11-22-25-18(13)8-12/h1-5,8,11,14-16H,6-7,9-10H2,(H,22,25)(H,23,28)(H,24,27). The maximum absolute atomic E-state index is 13.2. The van der Waals surface area contributed by atoms with Crippen molar-refractivity contribution in [3.63, 3.8) is 0 Å². The van der Waals surface area contributed by atoms with Crippen molar-refractivity contribution in [3.8, 4) is 0 Å². The zero-order valence-electron chi connectivity index (χ0n) is 15.7. The summed E-state index contributed by atoms with van der Waals surface area (Å²) in [5, 5.41) is 10.9. The lowest BCUT2D eigenvalue weighted by molar-refractivity contribution is 0.0549. The average molecular weight is 391 g/mol. The fourth-order valence-electron chi connectivity index (χ4n) is 4.69.